The van der Waals surface area contributed by atoms with E-state index in [1.165, 1.54) is 18.4 Å². The van der Waals surface area contributed by atoms with Crippen LogP contribution in [0.2, 0.25) is 0 Å². The first-order valence-corrected chi connectivity index (χ1v) is 11.4. The van der Waals surface area contributed by atoms with E-state index in [9.17, 15) is 9.90 Å². The molecule has 3 aromatic rings. The Morgan fingerprint density at radius 1 is 0.900 bits per heavy atom. The van der Waals surface area contributed by atoms with Crippen LogP contribution >= 0.6 is 11.8 Å². The maximum atomic E-state index is 11.4. The van der Waals surface area contributed by atoms with Crippen molar-refractivity contribution >= 4 is 17.7 Å². The zero-order chi connectivity index (χ0) is 21.4. The molecule has 156 valence electrons. The summed E-state index contributed by atoms with van der Waals surface area (Å²) in [5.41, 5.74) is 10.6. The summed E-state index contributed by atoms with van der Waals surface area (Å²) in [5, 5.41) is 9.37. The van der Waals surface area contributed by atoms with Gasteiger partial charge in [0.2, 0.25) is 0 Å². The quantitative estimate of drug-likeness (QED) is 0.428. The lowest BCUT2D eigenvalue weighted by atomic mass is 9.83. The van der Waals surface area contributed by atoms with Gasteiger partial charge in [-0.1, -0.05) is 98.3 Å². The Hall–Kier alpha value is -2.56. The van der Waals surface area contributed by atoms with Crippen molar-refractivity contribution in [2.45, 2.75) is 37.0 Å². The lowest BCUT2D eigenvalue weighted by Gasteiger charge is -2.36. The number of carboxylic acids is 1. The topological polar surface area (TPSA) is 63.3 Å². The molecule has 3 nitrogen and oxygen atoms in total. The summed E-state index contributed by atoms with van der Waals surface area (Å²) in [7, 11) is 0. The predicted molar refractivity (Wildman–Crippen MR) is 126 cm³/mol. The van der Waals surface area contributed by atoms with Gasteiger partial charge in [0.05, 0.1) is 4.75 Å². The molecule has 0 aromatic heterocycles. The van der Waals surface area contributed by atoms with Crippen molar-refractivity contribution in [3.8, 4) is 0 Å². The second-order valence-corrected chi connectivity index (χ2v) is 8.70. The van der Waals surface area contributed by atoms with Crippen molar-refractivity contribution in [1.29, 1.82) is 0 Å². The van der Waals surface area contributed by atoms with E-state index < -0.39 is 16.8 Å². The van der Waals surface area contributed by atoms with Crippen LogP contribution in [0.5, 0.6) is 0 Å². The summed E-state index contributed by atoms with van der Waals surface area (Å²) in [6, 6.07) is 28.4. The lowest BCUT2D eigenvalue weighted by molar-refractivity contribution is -0.137. The average Bonchev–Trinajstić information content (AvgIpc) is 2.80. The first kappa shape index (κ1) is 22.1. The van der Waals surface area contributed by atoms with Crippen molar-refractivity contribution < 1.29 is 9.90 Å². The molecule has 0 bridgehead atoms. The van der Waals surface area contributed by atoms with E-state index in [1.807, 2.05) is 36.4 Å². The van der Waals surface area contributed by atoms with Crippen molar-refractivity contribution in [2.24, 2.45) is 5.73 Å². The zero-order valence-corrected chi connectivity index (χ0v) is 18.1. The summed E-state index contributed by atoms with van der Waals surface area (Å²) in [6.07, 6.45) is 3.41. The Bertz CT molecular complexity index is 887. The second kappa shape index (κ2) is 10.5. The number of hydrogen-bond acceptors (Lipinski definition) is 3. The van der Waals surface area contributed by atoms with E-state index in [1.54, 1.807) is 11.8 Å². The van der Waals surface area contributed by atoms with Crippen molar-refractivity contribution in [1.82, 2.24) is 0 Å². The van der Waals surface area contributed by atoms with Crippen LogP contribution in [0.4, 0.5) is 0 Å². The normalized spacial score (nSPS) is 12.5. The zero-order valence-electron chi connectivity index (χ0n) is 17.3. The highest BCUT2D eigenvalue weighted by Gasteiger charge is 2.37. The molecular formula is C26H29NO2S. The molecule has 0 aliphatic rings. The fourth-order valence-electron chi connectivity index (χ4n) is 3.67. The molecule has 0 heterocycles. The van der Waals surface area contributed by atoms with Crippen LogP contribution in [-0.4, -0.2) is 22.9 Å². The molecule has 4 heteroatoms. The highest BCUT2D eigenvalue weighted by atomic mass is 32.2. The van der Waals surface area contributed by atoms with Gasteiger partial charge in [-0.15, -0.1) is 11.8 Å². The van der Waals surface area contributed by atoms with Crippen LogP contribution in [0.15, 0.2) is 84.9 Å². The van der Waals surface area contributed by atoms with Gasteiger partial charge in [0.25, 0.3) is 0 Å². The minimum atomic E-state index is -0.979. The number of aryl methyl sites for hydroxylation is 1. The molecule has 0 saturated carbocycles. The molecule has 30 heavy (non-hydrogen) atoms. The molecule has 1 atom stereocenters. The van der Waals surface area contributed by atoms with Gasteiger partial charge in [-0.3, -0.25) is 4.79 Å². The van der Waals surface area contributed by atoms with Gasteiger partial charge in [0, 0.05) is 5.75 Å². The number of aliphatic carboxylic acids is 1. The third-order valence-electron chi connectivity index (χ3n) is 5.34. The molecule has 0 aliphatic heterocycles. The monoisotopic (exact) mass is 419 g/mol. The molecule has 3 N–H and O–H groups in total. The Morgan fingerprint density at radius 3 is 1.87 bits per heavy atom. The number of nitrogens with two attached hydrogens (primary N) is 1. The summed E-state index contributed by atoms with van der Waals surface area (Å²) in [4.78, 5) is 11.4. The van der Waals surface area contributed by atoms with Crippen LogP contribution in [0.25, 0.3) is 0 Å². The van der Waals surface area contributed by atoms with E-state index >= 15 is 0 Å². The molecule has 0 radical (unpaired) electrons. The predicted octanol–water partition coefficient (Wildman–Crippen LogP) is 5.47. The van der Waals surface area contributed by atoms with Gasteiger partial charge in [0.1, 0.15) is 6.04 Å². The summed E-state index contributed by atoms with van der Waals surface area (Å²) in [6.45, 7) is 2.20. The molecule has 0 aliphatic carbocycles. The number of rotatable bonds is 10. The maximum absolute atomic E-state index is 11.4. The molecule has 0 unspecified atom stereocenters. The highest BCUT2D eigenvalue weighted by molar-refractivity contribution is 8.00. The first-order valence-electron chi connectivity index (χ1n) is 10.4. The molecular weight excluding hydrogens is 390 g/mol. The van der Waals surface area contributed by atoms with Crippen molar-refractivity contribution in [3.05, 3.63) is 107 Å². The maximum Gasteiger partial charge on any atom is 0.321 e. The lowest BCUT2D eigenvalue weighted by Crippen LogP contribution is -2.36. The van der Waals surface area contributed by atoms with Crippen LogP contribution in [0.1, 0.15) is 42.0 Å². The largest absolute Gasteiger partial charge is 0.480 e. The first-order chi connectivity index (χ1) is 14.6. The van der Waals surface area contributed by atoms with E-state index in [-0.39, 0.29) is 0 Å². The van der Waals surface area contributed by atoms with Crippen LogP contribution in [0, 0.1) is 0 Å². The van der Waals surface area contributed by atoms with Crippen LogP contribution in [-0.2, 0) is 16.0 Å². The van der Waals surface area contributed by atoms with Crippen LogP contribution < -0.4 is 5.73 Å². The number of thioether (sulfide) groups is 1. The molecule has 3 aromatic carbocycles. The smallest absolute Gasteiger partial charge is 0.321 e. The summed E-state index contributed by atoms with van der Waals surface area (Å²) in [5.74, 6) is -0.677. The average molecular weight is 420 g/mol. The third-order valence-corrected chi connectivity index (χ3v) is 7.00. The molecule has 0 spiro atoms. The molecule has 0 saturated heterocycles. The number of carboxylic acid groups (broad SMARTS) is 1. The van der Waals surface area contributed by atoms with E-state index in [0.717, 1.165) is 23.1 Å². The van der Waals surface area contributed by atoms with Gasteiger partial charge in [-0.05, 0) is 35.1 Å². The Kier molecular flexibility index (Phi) is 7.72. The Morgan fingerprint density at radius 2 is 1.40 bits per heavy atom. The number of unbranched alkanes of at least 4 members (excludes halogenated alkanes) is 1. The van der Waals surface area contributed by atoms with Crippen molar-refractivity contribution in [3.63, 3.8) is 0 Å². The molecule has 3 rings (SSSR count). The number of benzene rings is 3. The Labute approximate surface area is 183 Å². The van der Waals surface area contributed by atoms with Gasteiger partial charge in [0.15, 0.2) is 0 Å². The number of carbonyl (C=O) groups is 1. The minimum absolute atomic E-state index is 0.302. The summed E-state index contributed by atoms with van der Waals surface area (Å²) < 4.78 is -0.543. The van der Waals surface area contributed by atoms with Crippen LogP contribution in [0.3, 0.4) is 0 Å². The SMILES string of the molecule is CCCCc1ccc(C(SC[C@H](N)C(=O)O)(c2ccccc2)c2ccccc2)cc1. The van der Waals surface area contributed by atoms with Gasteiger partial charge >= 0.3 is 5.97 Å². The second-order valence-electron chi connectivity index (χ2n) is 7.47. The van der Waals surface area contributed by atoms with E-state index in [0.29, 0.717) is 5.75 Å². The van der Waals surface area contributed by atoms with E-state index in [2.05, 4.69) is 55.5 Å². The minimum Gasteiger partial charge on any atom is -0.480 e. The fourth-order valence-corrected chi connectivity index (χ4v) is 5.15. The van der Waals surface area contributed by atoms with Gasteiger partial charge in [-0.2, -0.15) is 0 Å². The molecule has 0 fully saturated rings. The Balaban J connectivity index is 2.13. The van der Waals surface area contributed by atoms with E-state index in [4.69, 9.17) is 5.73 Å². The standard InChI is InChI=1S/C26H29NO2S/c1-2-3-10-20-15-17-23(18-16-20)26(21-11-6-4-7-12-21,22-13-8-5-9-14-22)30-19-24(27)25(28)29/h4-9,11-18,24H,2-3,10,19,27H2,1H3,(H,28,29)/t24-/m0/s1. The molecule has 0 amide bonds. The summed E-state index contributed by atoms with van der Waals surface area (Å²) >= 11 is 1.58. The highest BCUT2D eigenvalue weighted by Crippen LogP contribution is 2.48. The third kappa shape index (κ3) is 4.94. The number of hydrogen-bond donors (Lipinski definition) is 2. The van der Waals surface area contributed by atoms with Crippen molar-refractivity contribution in [2.75, 3.05) is 5.75 Å². The van der Waals surface area contributed by atoms with Gasteiger partial charge in [-0.25, -0.2) is 0 Å². The fraction of sp³-hybridized carbons (Fsp3) is 0.269. The van der Waals surface area contributed by atoms with Gasteiger partial charge < -0.3 is 10.8 Å².